The molecular weight excluding hydrogens is 142 g/mol. The minimum Gasteiger partial charge on any atom is -0.338 e. The first-order valence-corrected chi connectivity index (χ1v) is 3.91. The lowest BCUT2D eigenvalue weighted by Gasteiger charge is -2.27. The van der Waals surface area contributed by atoms with Crippen LogP contribution in [0.5, 0.6) is 0 Å². The summed E-state index contributed by atoms with van der Waals surface area (Å²) in [6.07, 6.45) is 1.90. The van der Waals surface area contributed by atoms with E-state index in [9.17, 15) is 4.79 Å². The Labute approximate surface area is 66.5 Å². The molecule has 4 nitrogen and oxygen atoms in total. The van der Waals surface area contributed by atoms with Gasteiger partial charge in [0.25, 0.3) is 0 Å². The fraction of sp³-hybridized carbons (Fsp3) is 0.857. The fourth-order valence-corrected chi connectivity index (χ4v) is 1.13. The normalized spacial score (nSPS) is 33.1. The summed E-state index contributed by atoms with van der Waals surface area (Å²) in [5.74, 6) is 0. The van der Waals surface area contributed by atoms with Crippen molar-refractivity contribution in [2.24, 2.45) is 5.73 Å². The van der Waals surface area contributed by atoms with Crippen LogP contribution in [0.4, 0.5) is 4.79 Å². The number of carbonyl (C=O) groups is 1. The molecular formula is C7H15N3O. The molecule has 0 bridgehead atoms. The molecule has 0 aliphatic carbocycles. The highest BCUT2D eigenvalue weighted by molar-refractivity contribution is 5.73. The molecule has 4 heteroatoms. The van der Waals surface area contributed by atoms with E-state index in [0.717, 1.165) is 19.4 Å². The van der Waals surface area contributed by atoms with E-state index in [1.54, 1.807) is 0 Å². The summed E-state index contributed by atoms with van der Waals surface area (Å²) in [5.41, 5.74) is 5.63. The Kier molecular flexibility index (Phi) is 2.34. The smallest absolute Gasteiger partial charge is 0.314 e. The summed E-state index contributed by atoms with van der Waals surface area (Å²) < 4.78 is 0. The van der Waals surface area contributed by atoms with Crippen molar-refractivity contribution >= 4 is 6.03 Å². The molecule has 64 valence electrons. The van der Waals surface area contributed by atoms with Crippen molar-refractivity contribution in [3.63, 3.8) is 0 Å². The lowest BCUT2D eigenvalue weighted by Crippen LogP contribution is -2.52. The van der Waals surface area contributed by atoms with Gasteiger partial charge in [-0.2, -0.15) is 0 Å². The van der Waals surface area contributed by atoms with Gasteiger partial charge in [-0.1, -0.05) is 0 Å². The van der Waals surface area contributed by atoms with Crippen molar-refractivity contribution in [2.75, 3.05) is 13.1 Å². The molecule has 2 amide bonds. The molecule has 0 radical (unpaired) electrons. The van der Waals surface area contributed by atoms with Gasteiger partial charge in [0, 0.05) is 18.6 Å². The number of urea groups is 1. The van der Waals surface area contributed by atoms with E-state index >= 15 is 0 Å². The average molecular weight is 157 g/mol. The van der Waals surface area contributed by atoms with Crippen molar-refractivity contribution in [3.05, 3.63) is 0 Å². The van der Waals surface area contributed by atoms with Gasteiger partial charge in [-0.15, -0.1) is 0 Å². The van der Waals surface area contributed by atoms with Gasteiger partial charge in [0.2, 0.25) is 0 Å². The van der Waals surface area contributed by atoms with E-state index in [1.807, 2.05) is 6.92 Å². The first kappa shape index (κ1) is 8.33. The zero-order valence-corrected chi connectivity index (χ0v) is 6.81. The Bertz CT molecular complexity index is 156. The highest BCUT2D eigenvalue weighted by Gasteiger charge is 2.20. The van der Waals surface area contributed by atoms with E-state index < -0.39 is 0 Å². The van der Waals surface area contributed by atoms with Crippen LogP contribution < -0.4 is 16.4 Å². The SMILES string of the molecule is CC1(N)CCCNC(=O)NC1. The third-order valence-corrected chi connectivity index (χ3v) is 1.86. The van der Waals surface area contributed by atoms with E-state index in [4.69, 9.17) is 5.73 Å². The highest BCUT2D eigenvalue weighted by Crippen LogP contribution is 2.07. The number of amides is 2. The first-order chi connectivity index (χ1) is 5.10. The summed E-state index contributed by atoms with van der Waals surface area (Å²) >= 11 is 0. The first-order valence-electron chi connectivity index (χ1n) is 3.91. The minimum atomic E-state index is -0.238. The van der Waals surface area contributed by atoms with Crippen LogP contribution in [-0.4, -0.2) is 24.7 Å². The highest BCUT2D eigenvalue weighted by atomic mass is 16.2. The van der Waals surface area contributed by atoms with Crippen LogP contribution in [0.3, 0.4) is 0 Å². The van der Waals surface area contributed by atoms with Crippen LogP contribution in [0, 0.1) is 0 Å². The Morgan fingerprint density at radius 2 is 2.27 bits per heavy atom. The zero-order chi connectivity index (χ0) is 8.32. The topological polar surface area (TPSA) is 67.1 Å². The Morgan fingerprint density at radius 1 is 1.55 bits per heavy atom. The summed E-state index contributed by atoms with van der Waals surface area (Å²) in [6.45, 7) is 3.23. The van der Waals surface area contributed by atoms with Crippen molar-refractivity contribution in [1.29, 1.82) is 0 Å². The van der Waals surface area contributed by atoms with Gasteiger partial charge in [0.05, 0.1) is 0 Å². The maximum absolute atomic E-state index is 10.8. The van der Waals surface area contributed by atoms with Gasteiger partial charge >= 0.3 is 6.03 Å². The molecule has 1 heterocycles. The predicted octanol–water partition coefficient (Wildman–Crippen LogP) is -0.203. The fourth-order valence-electron chi connectivity index (χ4n) is 1.13. The molecule has 0 aromatic rings. The van der Waals surface area contributed by atoms with Crippen molar-refractivity contribution in [3.8, 4) is 0 Å². The number of nitrogens with one attached hydrogen (secondary N) is 2. The second kappa shape index (κ2) is 3.09. The van der Waals surface area contributed by atoms with Crippen molar-refractivity contribution in [1.82, 2.24) is 10.6 Å². The minimum absolute atomic E-state index is 0.110. The molecule has 1 aliphatic heterocycles. The molecule has 1 fully saturated rings. The molecule has 1 aliphatic rings. The molecule has 11 heavy (non-hydrogen) atoms. The molecule has 0 saturated carbocycles. The van der Waals surface area contributed by atoms with Crippen LogP contribution in [-0.2, 0) is 0 Å². The summed E-state index contributed by atoms with van der Waals surface area (Å²) in [4.78, 5) is 10.8. The van der Waals surface area contributed by atoms with Crippen molar-refractivity contribution < 1.29 is 4.79 Å². The second-order valence-electron chi connectivity index (χ2n) is 3.37. The maximum Gasteiger partial charge on any atom is 0.314 e. The van der Waals surface area contributed by atoms with E-state index in [2.05, 4.69) is 10.6 Å². The van der Waals surface area contributed by atoms with E-state index in [-0.39, 0.29) is 11.6 Å². The molecule has 1 unspecified atom stereocenters. The lowest BCUT2D eigenvalue weighted by molar-refractivity contribution is 0.232. The molecule has 0 aromatic carbocycles. The number of hydrogen-bond donors (Lipinski definition) is 3. The molecule has 0 spiro atoms. The van der Waals surface area contributed by atoms with Gasteiger partial charge in [-0.25, -0.2) is 4.79 Å². The van der Waals surface area contributed by atoms with E-state index in [1.165, 1.54) is 0 Å². The number of rotatable bonds is 0. The van der Waals surface area contributed by atoms with Gasteiger partial charge in [-0.05, 0) is 19.8 Å². The second-order valence-corrected chi connectivity index (χ2v) is 3.37. The summed E-state index contributed by atoms with van der Waals surface area (Å²) in [6, 6.07) is -0.110. The van der Waals surface area contributed by atoms with Crippen LogP contribution in [0.15, 0.2) is 0 Å². The Hall–Kier alpha value is -0.770. The summed E-state index contributed by atoms with van der Waals surface area (Å²) in [7, 11) is 0. The molecule has 1 saturated heterocycles. The van der Waals surface area contributed by atoms with Crippen LogP contribution in [0.25, 0.3) is 0 Å². The van der Waals surface area contributed by atoms with Gasteiger partial charge in [-0.3, -0.25) is 0 Å². The van der Waals surface area contributed by atoms with Crippen LogP contribution in [0.1, 0.15) is 19.8 Å². The maximum atomic E-state index is 10.8. The average Bonchev–Trinajstić information content (AvgIpc) is 1.92. The van der Waals surface area contributed by atoms with Gasteiger partial charge < -0.3 is 16.4 Å². The van der Waals surface area contributed by atoms with E-state index in [0.29, 0.717) is 6.54 Å². The third-order valence-electron chi connectivity index (χ3n) is 1.86. The van der Waals surface area contributed by atoms with Gasteiger partial charge in [0.1, 0.15) is 0 Å². The molecule has 4 N–H and O–H groups in total. The quantitative estimate of drug-likeness (QED) is 0.455. The Balaban J connectivity index is 2.44. The molecule has 0 aromatic heterocycles. The van der Waals surface area contributed by atoms with Crippen LogP contribution in [0.2, 0.25) is 0 Å². The predicted molar refractivity (Wildman–Crippen MR) is 43.2 cm³/mol. The standard InChI is InChI=1S/C7H15N3O/c1-7(8)3-2-4-9-6(11)10-5-7/h2-5,8H2,1H3,(H2,9,10,11). The largest absolute Gasteiger partial charge is 0.338 e. The summed E-state index contributed by atoms with van der Waals surface area (Å²) in [5, 5.41) is 5.42. The third kappa shape index (κ3) is 2.76. The number of hydrogen-bond acceptors (Lipinski definition) is 2. The zero-order valence-electron chi connectivity index (χ0n) is 6.81. The monoisotopic (exact) mass is 157 g/mol. The Morgan fingerprint density at radius 3 is 3.00 bits per heavy atom. The lowest BCUT2D eigenvalue weighted by atomic mass is 9.96. The van der Waals surface area contributed by atoms with Crippen molar-refractivity contribution in [2.45, 2.75) is 25.3 Å². The van der Waals surface area contributed by atoms with Crippen LogP contribution >= 0.6 is 0 Å². The van der Waals surface area contributed by atoms with Gasteiger partial charge in [0.15, 0.2) is 0 Å². The number of carbonyl (C=O) groups excluding carboxylic acids is 1. The molecule has 1 atom stereocenters. The number of nitrogens with two attached hydrogens (primary N) is 1. The molecule has 1 rings (SSSR count).